The summed E-state index contributed by atoms with van der Waals surface area (Å²) in [5.41, 5.74) is 6.09. The number of carboxylic acid groups (broad SMARTS) is 2. The van der Waals surface area contributed by atoms with E-state index in [1.807, 2.05) is 0 Å². The molecule has 2 saturated carbocycles. The SMILES string of the molecule is N[C@@H]1CCCC[C@H]1NC1CCCC1.O=C([O-])C(=O)[O-].[Pt+2]. The van der Waals surface area contributed by atoms with Crippen LogP contribution in [0.1, 0.15) is 51.4 Å². The summed E-state index contributed by atoms with van der Waals surface area (Å²) >= 11 is 0. The van der Waals surface area contributed by atoms with E-state index >= 15 is 0 Å². The van der Waals surface area contributed by atoms with Gasteiger partial charge in [-0.1, -0.05) is 25.7 Å². The molecule has 0 aromatic carbocycles. The van der Waals surface area contributed by atoms with Crippen LogP contribution in [0.3, 0.4) is 0 Å². The predicted octanol–water partition coefficient (Wildman–Crippen LogP) is -1.73. The Morgan fingerprint density at radius 1 is 0.900 bits per heavy atom. The molecule has 2 aliphatic carbocycles. The maximum atomic E-state index is 8.93. The fraction of sp³-hybridized carbons (Fsp3) is 0.846. The van der Waals surface area contributed by atoms with Gasteiger partial charge < -0.3 is 30.9 Å². The molecule has 118 valence electrons. The van der Waals surface area contributed by atoms with Crippen molar-refractivity contribution in [3.05, 3.63) is 0 Å². The van der Waals surface area contributed by atoms with Gasteiger partial charge in [0.05, 0.1) is 11.9 Å². The summed E-state index contributed by atoms with van der Waals surface area (Å²) in [6, 6.07) is 1.83. The first-order valence-electron chi connectivity index (χ1n) is 6.94. The van der Waals surface area contributed by atoms with Crippen LogP contribution in [0.5, 0.6) is 0 Å². The van der Waals surface area contributed by atoms with Crippen molar-refractivity contribution < 1.29 is 40.9 Å². The maximum absolute atomic E-state index is 8.93. The summed E-state index contributed by atoms with van der Waals surface area (Å²) in [5.74, 6) is -4.37. The molecule has 3 N–H and O–H groups in total. The van der Waals surface area contributed by atoms with Gasteiger partial charge in [0.1, 0.15) is 0 Å². The Kier molecular flexibility index (Phi) is 10.1. The van der Waals surface area contributed by atoms with Crippen LogP contribution in [0, 0.1) is 0 Å². The van der Waals surface area contributed by atoms with Crippen molar-refractivity contribution in [3.63, 3.8) is 0 Å². The zero-order valence-corrected chi connectivity index (χ0v) is 13.7. The second-order valence-electron chi connectivity index (χ2n) is 5.28. The van der Waals surface area contributed by atoms with Crippen LogP contribution in [-0.4, -0.2) is 30.1 Å². The van der Waals surface area contributed by atoms with Gasteiger partial charge >= 0.3 is 21.1 Å². The normalized spacial score (nSPS) is 26.1. The third kappa shape index (κ3) is 7.36. The van der Waals surface area contributed by atoms with Gasteiger partial charge in [0.25, 0.3) is 0 Å². The molecule has 2 rings (SSSR count). The standard InChI is InChI=1S/C11H22N2.C2H2O4.Pt/c12-10-7-3-4-8-11(10)13-9-5-1-2-6-9;3-1(4)2(5)6;/h9-11,13H,1-8,12H2;(H,3,4)(H,5,6);/q;;+2/p-2/t10-,11-;;/m1../s1. The number of aliphatic carboxylic acids is 2. The van der Waals surface area contributed by atoms with E-state index in [4.69, 9.17) is 25.5 Å². The van der Waals surface area contributed by atoms with Crippen molar-refractivity contribution in [1.82, 2.24) is 5.32 Å². The quantitative estimate of drug-likeness (QED) is 0.468. The van der Waals surface area contributed by atoms with Crippen molar-refractivity contribution in [1.29, 1.82) is 0 Å². The molecule has 2 atom stereocenters. The fourth-order valence-corrected chi connectivity index (χ4v) is 2.76. The largest absolute Gasteiger partial charge is 2.00 e. The minimum atomic E-state index is -2.19. The summed E-state index contributed by atoms with van der Waals surface area (Å²) in [7, 11) is 0. The summed E-state index contributed by atoms with van der Waals surface area (Å²) in [4.78, 5) is 17.9. The molecule has 0 amide bonds. The van der Waals surface area contributed by atoms with E-state index in [-0.39, 0.29) is 21.1 Å². The van der Waals surface area contributed by atoms with E-state index in [1.54, 1.807) is 0 Å². The van der Waals surface area contributed by atoms with Gasteiger partial charge in [0, 0.05) is 18.1 Å². The summed E-state index contributed by atoms with van der Waals surface area (Å²) in [6.07, 6.45) is 10.8. The number of carboxylic acids is 2. The average molecular weight is 465 g/mol. The molecule has 0 aromatic heterocycles. The average Bonchev–Trinajstić information content (AvgIpc) is 2.86. The van der Waals surface area contributed by atoms with Crippen molar-refractivity contribution in [3.8, 4) is 0 Å². The Labute approximate surface area is 133 Å². The predicted molar refractivity (Wildman–Crippen MR) is 65.6 cm³/mol. The molecule has 0 saturated heterocycles. The summed E-state index contributed by atoms with van der Waals surface area (Å²) in [5, 5.41) is 21.6. The van der Waals surface area contributed by atoms with Gasteiger partial charge in [-0.15, -0.1) is 0 Å². The number of carbonyl (C=O) groups excluding carboxylic acids is 2. The van der Waals surface area contributed by atoms with Gasteiger partial charge in [0.15, 0.2) is 0 Å². The molecule has 0 spiro atoms. The molecular weight excluding hydrogens is 443 g/mol. The van der Waals surface area contributed by atoms with Gasteiger partial charge in [-0.05, 0) is 25.7 Å². The van der Waals surface area contributed by atoms with Crippen LogP contribution in [0.25, 0.3) is 0 Å². The van der Waals surface area contributed by atoms with E-state index in [0.717, 1.165) is 6.04 Å². The Morgan fingerprint density at radius 2 is 1.35 bits per heavy atom. The Morgan fingerprint density at radius 3 is 1.80 bits per heavy atom. The molecule has 0 unspecified atom stereocenters. The van der Waals surface area contributed by atoms with Crippen LogP contribution in [0.4, 0.5) is 0 Å². The fourth-order valence-electron chi connectivity index (χ4n) is 2.76. The summed E-state index contributed by atoms with van der Waals surface area (Å²) < 4.78 is 0. The second kappa shape index (κ2) is 10.3. The van der Waals surface area contributed by atoms with E-state index in [0.29, 0.717) is 12.1 Å². The van der Waals surface area contributed by atoms with Crippen molar-refractivity contribution >= 4 is 11.9 Å². The number of nitrogens with two attached hydrogens (primary N) is 1. The molecule has 7 heteroatoms. The molecule has 0 radical (unpaired) electrons. The Hall–Kier alpha value is -0.452. The van der Waals surface area contributed by atoms with Gasteiger partial charge in [-0.25, -0.2) is 0 Å². The van der Waals surface area contributed by atoms with Crippen LogP contribution >= 0.6 is 0 Å². The van der Waals surface area contributed by atoms with Crippen molar-refractivity contribution in [2.45, 2.75) is 69.5 Å². The van der Waals surface area contributed by atoms with E-state index in [2.05, 4.69) is 5.32 Å². The van der Waals surface area contributed by atoms with Crippen LogP contribution < -0.4 is 21.3 Å². The number of rotatable bonds is 2. The molecule has 0 heterocycles. The van der Waals surface area contributed by atoms with Gasteiger partial charge in [-0.3, -0.25) is 0 Å². The van der Waals surface area contributed by atoms with Crippen LogP contribution in [-0.2, 0) is 30.7 Å². The zero-order chi connectivity index (χ0) is 14.3. The maximum Gasteiger partial charge on any atom is 2.00 e. The Bertz CT molecular complexity index is 297. The topological polar surface area (TPSA) is 118 Å². The van der Waals surface area contributed by atoms with Crippen molar-refractivity contribution in [2.24, 2.45) is 5.73 Å². The minimum Gasteiger partial charge on any atom is -0.543 e. The molecular formula is C13H22N2O4Pt. The third-order valence-electron chi connectivity index (χ3n) is 3.79. The van der Waals surface area contributed by atoms with Crippen LogP contribution in [0.15, 0.2) is 0 Å². The molecule has 0 aliphatic heterocycles. The number of hydrogen-bond acceptors (Lipinski definition) is 6. The summed E-state index contributed by atoms with van der Waals surface area (Å²) in [6.45, 7) is 0. The first kappa shape index (κ1) is 19.5. The molecule has 0 bridgehead atoms. The number of carbonyl (C=O) groups is 2. The molecule has 20 heavy (non-hydrogen) atoms. The molecule has 2 aliphatic rings. The molecule has 2 fully saturated rings. The molecule has 6 nitrogen and oxygen atoms in total. The molecule has 0 aromatic rings. The van der Waals surface area contributed by atoms with E-state index in [1.165, 1.54) is 51.4 Å². The van der Waals surface area contributed by atoms with E-state index < -0.39 is 11.9 Å². The first-order valence-corrected chi connectivity index (χ1v) is 6.94. The van der Waals surface area contributed by atoms with Gasteiger partial charge in [-0.2, -0.15) is 0 Å². The van der Waals surface area contributed by atoms with E-state index in [9.17, 15) is 0 Å². The van der Waals surface area contributed by atoms with Crippen LogP contribution in [0.2, 0.25) is 0 Å². The second-order valence-corrected chi connectivity index (χ2v) is 5.28. The third-order valence-corrected chi connectivity index (χ3v) is 3.79. The number of nitrogens with one attached hydrogen (secondary N) is 1. The van der Waals surface area contributed by atoms with Gasteiger partial charge in [0.2, 0.25) is 0 Å². The van der Waals surface area contributed by atoms with Crippen molar-refractivity contribution in [2.75, 3.05) is 0 Å². The number of hydrogen-bond donors (Lipinski definition) is 2. The Balaban J connectivity index is 0.000000448. The zero-order valence-electron chi connectivity index (χ0n) is 11.4. The first-order chi connectivity index (χ1) is 9.00. The monoisotopic (exact) mass is 465 g/mol. The smallest absolute Gasteiger partial charge is 0.543 e. The minimum absolute atomic E-state index is 0.